The van der Waals surface area contributed by atoms with E-state index in [1.165, 1.54) is 18.4 Å². The van der Waals surface area contributed by atoms with Gasteiger partial charge in [-0.25, -0.2) is 0 Å². The van der Waals surface area contributed by atoms with Crippen LogP contribution in [-0.4, -0.2) is 52.6 Å². The number of hydrogen-bond donors (Lipinski definition) is 4. The van der Waals surface area contributed by atoms with Crippen LogP contribution in [0, 0.1) is 17.8 Å². The standard InChI is InChI=1S/C10H19BrO.C10H20O2.C10H18O.BrH.Na.H2O.H2/c1-9(2,12)8-4-6-10(3,11)7-5-8;1-9(2,11)8-4-6-10(3,12)7-5-8;1-8-4-6-9(7-5-8)10(2,3)11;;;;/h8,12H,4-7H2,1-3H3;8,11-12H,4-7H2,1-3H3;4,9,11H,5-7H2,1-3H3;1H;;1H2;1H/q;;;;+1;;/p-1/i;;;;;;1+1. The average Bonchev–Trinajstić information content (AvgIpc) is 2.66. The summed E-state index contributed by atoms with van der Waals surface area (Å²) in [5.74, 6) is 1.31. The number of allylic oxidation sites excluding steroid dienone is 2. The van der Waals surface area contributed by atoms with Crippen LogP contribution in [0.4, 0.5) is 0 Å². The fourth-order valence-electron chi connectivity index (χ4n) is 5.48. The molecule has 8 heteroatoms. The van der Waals surface area contributed by atoms with Crippen LogP contribution < -0.4 is 29.6 Å². The summed E-state index contributed by atoms with van der Waals surface area (Å²) in [7, 11) is 0. The molecule has 0 heterocycles. The Balaban J connectivity index is -0.000000224. The Bertz CT molecular complexity index is 624. The molecule has 226 valence electrons. The van der Waals surface area contributed by atoms with Crippen LogP contribution in [0.5, 0.6) is 0 Å². The van der Waals surface area contributed by atoms with E-state index in [0.717, 1.165) is 57.8 Å². The van der Waals surface area contributed by atoms with Crippen LogP contribution in [0.25, 0.3) is 0 Å². The molecule has 2 saturated carbocycles. The molecule has 0 aromatic carbocycles. The van der Waals surface area contributed by atoms with E-state index in [9.17, 15) is 20.4 Å². The Labute approximate surface area is 277 Å². The van der Waals surface area contributed by atoms with Crippen molar-refractivity contribution in [3.63, 3.8) is 0 Å². The number of alkyl halides is 1. The molecule has 0 spiro atoms. The van der Waals surface area contributed by atoms with Crippen LogP contribution in [0.15, 0.2) is 11.6 Å². The molecule has 0 bridgehead atoms. The Hall–Kier alpha value is 1.50. The first-order valence-electron chi connectivity index (χ1n) is 13.9. The van der Waals surface area contributed by atoms with Gasteiger partial charge in [0.15, 0.2) is 0 Å². The van der Waals surface area contributed by atoms with Crippen molar-refractivity contribution in [3.8, 4) is 0 Å². The SMILES string of the molecule is Br.CC1(Br)CCC(C(C)(C)O)CC1.CC1(O)CCC(C(C)(C)O)CC1.CC1=CCC(C(C)(C)O)CC1.[2HH].[Na+].[OH-]. The van der Waals surface area contributed by atoms with Crippen LogP contribution >= 0.6 is 32.9 Å². The van der Waals surface area contributed by atoms with E-state index in [1.807, 2.05) is 48.5 Å². The van der Waals surface area contributed by atoms with E-state index in [4.69, 9.17) is 0 Å². The van der Waals surface area contributed by atoms with Crippen LogP contribution in [0.1, 0.15) is 134 Å². The number of aliphatic hydroxyl groups is 4. The quantitative estimate of drug-likeness (QED) is 0.191. The Kier molecular flexibility index (Phi) is 20.3. The van der Waals surface area contributed by atoms with Crippen molar-refractivity contribution < 1.29 is 56.9 Å². The largest absolute Gasteiger partial charge is 1.00 e. The van der Waals surface area contributed by atoms with Crippen LogP contribution in [-0.2, 0) is 0 Å². The Morgan fingerprint density at radius 1 is 0.763 bits per heavy atom. The molecule has 1 atom stereocenters. The summed E-state index contributed by atoms with van der Waals surface area (Å²) in [4.78, 5) is 0. The molecule has 1 unspecified atom stereocenters. The van der Waals surface area contributed by atoms with Gasteiger partial charge in [-0.1, -0.05) is 27.6 Å². The summed E-state index contributed by atoms with van der Waals surface area (Å²) in [6, 6.07) is 0. The van der Waals surface area contributed by atoms with Crippen molar-refractivity contribution >= 4 is 32.9 Å². The zero-order chi connectivity index (χ0) is 27.3. The second kappa shape index (κ2) is 17.6. The minimum absolute atomic E-state index is 0. The fourth-order valence-corrected chi connectivity index (χ4v) is 5.94. The summed E-state index contributed by atoms with van der Waals surface area (Å²) in [5, 5.41) is 38.9. The molecule has 0 radical (unpaired) electrons. The molecule has 5 nitrogen and oxygen atoms in total. The third-order valence-corrected chi connectivity index (χ3v) is 9.52. The van der Waals surface area contributed by atoms with Gasteiger partial charge in [0, 0.05) is 5.75 Å². The van der Waals surface area contributed by atoms with Crippen molar-refractivity contribution in [2.24, 2.45) is 17.8 Å². The third-order valence-electron chi connectivity index (χ3n) is 8.73. The smallest absolute Gasteiger partial charge is 0.870 e. The molecule has 3 aliphatic rings. The van der Waals surface area contributed by atoms with E-state index >= 15 is 0 Å². The minimum atomic E-state index is -0.573. The van der Waals surface area contributed by atoms with Gasteiger partial charge < -0.3 is 25.9 Å². The van der Waals surface area contributed by atoms with E-state index in [0.29, 0.717) is 22.1 Å². The Morgan fingerprint density at radius 2 is 1.11 bits per heavy atom. The number of rotatable bonds is 3. The van der Waals surface area contributed by atoms with Crippen molar-refractivity contribution in [1.82, 2.24) is 0 Å². The van der Waals surface area contributed by atoms with E-state index < -0.39 is 22.4 Å². The first-order valence-corrected chi connectivity index (χ1v) is 14.7. The van der Waals surface area contributed by atoms with Crippen LogP contribution in [0.3, 0.4) is 0 Å². The molecule has 0 aliphatic heterocycles. The van der Waals surface area contributed by atoms with Gasteiger partial charge >= 0.3 is 29.6 Å². The summed E-state index contributed by atoms with van der Waals surface area (Å²) in [6.07, 6.45) is 13.8. The maximum absolute atomic E-state index is 9.80. The van der Waals surface area contributed by atoms with Gasteiger partial charge in [0.2, 0.25) is 0 Å². The predicted octanol–water partition coefficient (Wildman–Crippen LogP) is 4.95. The molecular weight excluding hydrogens is 623 g/mol. The van der Waals surface area contributed by atoms with Crippen LogP contribution in [0.2, 0.25) is 0 Å². The molecule has 3 rings (SSSR count). The number of hydrogen-bond acceptors (Lipinski definition) is 5. The molecule has 38 heavy (non-hydrogen) atoms. The summed E-state index contributed by atoms with van der Waals surface area (Å²) < 4.78 is 0.328. The van der Waals surface area contributed by atoms with Crippen molar-refractivity contribution in [2.75, 3.05) is 0 Å². The molecule has 0 aromatic heterocycles. The monoisotopic (exact) mass is 683 g/mol. The molecule has 5 N–H and O–H groups in total. The van der Waals surface area contributed by atoms with Gasteiger partial charge in [-0.2, -0.15) is 0 Å². The number of halogens is 2. The van der Waals surface area contributed by atoms with Crippen molar-refractivity contribution in [3.05, 3.63) is 11.6 Å². The van der Waals surface area contributed by atoms with Crippen molar-refractivity contribution in [2.45, 2.75) is 160 Å². The molecule has 0 aromatic rings. The summed E-state index contributed by atoms with van der Waals surface area (Å²) >= 11 is 3.70. The average molecular weight is 686 g/mol. The zero-order valence-corrected chi connectivity index (χ0v) is 31.4. The topological polar surface area (TPSA) is 111 Å². The van der Waals surface area contributed by atoms with Gasteiger partial charge in [0.25, 0.3) is 0 Å². The second-order valence-corrected chi connectivity index (χ2v) is 15.9. The molecule has 0 amide bonds. The summed E-state index contributed by atoms with van der Waals surface area (Å²) in [6.45, 7) is 17.7. The molecule has 2 fully saturated rings. The first kappa shape index (κ1) is 43.9. The second-order valence-electron chi connectivity index (χ2n) is 13.9. The maximum atomic E-state index is 9.80. The van der Waals surface area contributed by atoms with E-state index in [2.05, 4.69) is 35.9 Å². The Morgan fingerprint density at radius 3 is 1.39 bits per heavy atom. The van der Waals surface area contributed by atoms with Gasteiger partial charge in [-0.3, -0.25) is 0 Å². The van der Waals surface area contributed by atoms with Gasteiger partial charge in [-0.05, 0) is 151 Å². The van der Waals surface area contributed by atoms with E-state index in [1.54, 1.807) is 0 Å². The predicted molar refractivity (Wildman–Crippen MR) is 166 cm³/mol. The molecule has 3 aliphatic carbocycles. The van der Waals surface area contributed by atoms with Gasteiger partial charge in [0.05, 0.1) is 22.4 Å². The molecular formula is C30H61Br2NaO5. The van der Waals surface area contributed by atoms with Crippen molar-refractivity contribution in [1.29, 1.82) is 0 Å². The van der Waals surface area contributed by atoms with E-state index in [-0.39, 0.29) is 53.4 Å². The van der Waals surface area contributed by atoms with Gasteiger partial charge in [-0.15, -0.1) is 17.0 Å². The molecule has 0 saturated heterocycles. The normalized spacial score (nSPS) is 31.8. The fraction of sp³-hybridized carbons (Fsp3) is 0.933. The third kappa shape index (κ3) is 17.5. The zero-order valence-electron chi connectivity index (χ0n) is 26.1. The maximum Gasteiger partial charge on any atom is 1.00 e. The van der Waals surface area contributed by atoms with Gasteiger partial charge in [0.1, 0.15) is 0 Å². The first-order chi connectivity index (χ1) is 15.6. The summed E-state index contributed by atoms with van der Waals surface area (Å²) in [5.41, 5.74) is -0.552. The minimum Gasteiger partial charge on any atom is -0.870 e.